The Morgan fingerprint density at radius 2 is 2.19 bits per heavy atom. The minimum Gasteiger partial charge on any atom is -0.353 e. The molecule has 0 fully saturated rings. The Morgan fingerprint density at radius 3 is 2.86 bits per heavy atom. The molecule has 0 unspecified atom stereocenters. The first-order chi connectivity index (χ1) is 10.1. The summed E-state index contributed by atoms with van der Waals surface area (Å²) in [5, 5.41) is 5.35. The third-order valence-corrected chi connectivity index (χ3v) is 3.66. The van der Waals surface area contributed by atoms with Crippen molar-refractivity contribution in [3.05, 3.63) is 40.2 Å². The van der Waals surface area contributed by atoms with Gasteiger partial charge in [0.15, 0.2) is 0 Å². The number of rotatable bonds is 7. The van der Waals surface area contributed by atoms with Crippen LogP contribution >= 0.6 is 11.3 Å². The number of halogens is 1. The molecule has 2 aromatic heterocycles. The lowest BCUT2D eigenvalue weighted by molar-refractivity contribution is 0.548. The number of thiazole rings is 1. The van der Waals surface area contributed by atoms with E-state index in [2.05, 4.69) is 29.1 Å². The molecule has 2 rings (SSSR count). The predicted molar refractivity (Wildman–Crippen MR) is 85.0 cm³/mol. The standard InChI is InChI=1S/C15H21FN4S/c1-11(2)5-17-6-12-4-13(16)7-18-15(12)20(3)8-14-9-21-10-19-14/h4,7,9-11,17H,5-6,8H2,1-3H3. The summed E-state index contributed by atoms with van der Waals surface area (Å²) in [6.07, 6.45) is 1.26. The highest BCUT2D eigenvalue weighted by Gasteiger charge is 2.12. The van der Waals surface area contributed by atoms with E-state index in [0.29, 0.717) is 19.0 Å². The van der Waals surface area contributed by atoms with Crippen molar-refractivity contribution in [1.82, 2.24) is 15.3 Å². The van der Waals surface area contributed by atoms with Gasteiger partial charge in [-0.25, -0.2) is 14.4 Å². The lowest BCUT2D eigenvalue weighted by Crippen LogP contribution is -2.24. The van der Waals surface area contributed by atoms with E-state index in [1.54, 1.807) is 17.4 Å². The van der Waals surface area contributed by atoms with Crippen LogP contribution in [-0.2, 0) is 13.1 Å². The molecule has 0 saturated carbocycles. The van der Waals surface area contributed by atoms with E-state index >= 15 is 0 Å². The first-order valence-electron chi connectivity index (χ1n) is 6.99. The van der Waals surface area contributed by atoms with Gasteiger partial charge in [-0.15, -0.1) is 11.3 Å². The molecule has 114 valence electrons. The fourth-order valence-electron chi connectivity index (χ4n) is 2.08. The molecule has 2 aromatic rings. The van der Waals surface area contributed by atoms with Crippen LogP contribution in [0.5, 0.6) is 0 Å². The van der Waals surface area contributed by atoms with Crippen molar-refractivity contribution < 1.29 is 4.39 Å². The van der Waals surface area contributed by atoms with E-state index in [0.717, 1.165) is 23.6 Å². The van der Waals surface area contributed by atoms with Crippen LogP contribution in [0.2, 0.25) is 0 Å². The minimum atomic E-state index is -0.304. The summed E-state index contributed by atoms with van der Waals surface area (Å²) in [5.41, 5.74) is 3.68. The van der Waals surface area contributed by atoms with Crippen LogP contribution in [0.25, 0.3) is 0 Å². The van der Waals surface area contributed by atoms with Gasteiger partial charge in [-0.05, 0) is 18.5 Å². The molecule has 0 aliphatic carbocycles. The third kappa shape index (κ3) is 4.75. The Balaban J connectivity index is 2.09. The van der Waals surface area contributed by atoms with Gasteiger partial charge in [0.05, 0.1) is 23.9 Å². The normalized spacial score (nSPS) is 11.1. The van der Waals surface area contributed by atoms with Crippen LogP contribution in [-0.4, -0.2) is 23.6 Å². The van der Waals surface area contributed by atoms with Gasteiger partial charge in [0.2, 0.25) is 0 Å². The Bertz CT molecular complexity index is 557. The highest BCUT2D eigenvalue weighted by Crippen LogP contribution is 2.19. The summed E-state index contributed by atoms with van der Waals surface area (Å²) in [4.78, 5) is 10.5. The second kappa shape index (κ2) is 7.47. The van der Waals surface area contributed by atoms with Gasteiger partial charge in [0, 0.05) is 24.5 Å². The molecule has 0 amide bonds. The van der Waals surface area contributed by atoms with E-state index < -0.39 is 0 Å². The van der Waals surface area contributed by atoms with Crippen molar-refractivity contribution >= 4 is 17.2 Å². The maximum Gasteiger partial charge on any atom is 0.141 e. The van der Waals surface area contributed by atoms with Crippen molar-refractivity contribution in [2.45, 2.75) is 26.9 Å². The first kappa shape index (κ1) is 15.9. The molecule has 1 N–H and O–H groups in total. The second-order valence-electron chi connectivity index (χ2n) is 5.50. The number of nitrogens with one attached hydrogen (secondary N) is 1. The highest BCUT2D eigenvalue weighted by atomic mass is 32.1. The first-order valence-corrected chi connectivity index (χ1v) is 7.94. The molecule has 0 aliphatic rings. The van der Waals surface area contributed by atoms with E-state index in [-0.39, 0.29) is 5.82 Å². The third-order valence-electron chi connectivity index (χ3n) is 3.02. The zero-order chi connectivity index (χ0) is 15.2. The van der Waals surface area contributed by atoms with Crippen molar-refractivity contribution in [3.63, 3.8) is 0 Å². The molecule has 0 saturated heterocycles. The Morgan fingerprint density at radius 1 is 1.38 bits per heavy atom. The van der Waals surface area contributed by atoms with Gasteiger partial charge in [-0.2, -0.15) is 0 Å². The summed E-state index contributed by atoms with van der Waals surface area (Å²) >= 11 is 1.57. The number of aromatic nitrogens is 2. The quantitative estimate of drug-likeness (QED) is 0.853. The molecule has 0 aliphatic heterocycles. The smallest absolute Gasteiger partial charge is 0.141 e. The van der Waals surface area contributed by atoms with Crippen LogP contribution in [0.1, 0.15) is 25.1 Å². The summed E-state index contributed by atoms with van der Waals surface area (Å²) < 4.78 is 13.5. The molecule has 2 heterocycles. The SMILES string of the molecule is CC(C)CNCc1cc(F)cnc1N(C)Cc1cscn1. The number of hydrogen-bond donors (Lipinski definition) is 1. The van der Waals surface area contributed by atoms with Crippen molar-refractivity contribution in [2.24, 2.45) is 5.92 Å². The minimum absolute atomic E-state index is 0.304. The Labute approximate surface area is 129 Å². The topological polar surface area (TPSA) is 41.1 Å². The van der Waals surface area contributed by atoms with Gasteiger partial charge in [-0.3, -0.25) is 0 Å². The molecule has 6 heteroatoms. The molecule has 0 bridgehead atoms. The van der Waals surface area contributed by atoms with Crippen molar-refractivity contribution in [2.75, 3.05) is 18.5 Å². The van der Waals surface area contributed by atoms with E-state index in [1.807, 2.05) is 22.8 Å². The van der Waals surface area contributed by atoms with Crippen LogP contribution in [0.4, 0.5) is 10.2 Å². The average Bonchev–Trinajstić information content (AvgIpc) is 2.91. The van der Waals surface area contributed by atoms with Crippen LogP contribution < -0.4 is 10.2 Å². The predicted octanol–water partition coefficient (Wildman–Crippen LogP) is 3.06. The number of nitrogens with zero attached hydrogens (tertiary/aromatic N) is 3. The van der Waals surface area contributed by atoms with Crippen molar-refractivity contribution in [1.29, 1.82) is 0 Å². The molecule has 4 nitrogen and oxygen atoms in total. The summed E-state index contributed by atoms with van der Waals surface area (Å²) in [5.74, 6) is 1.05. The van der Waals surface area contributed by atoms with Crippen LogP contribution in [0.15, 0.2) is 23.2 Å². The maximum atomic E-state index is 13.5. The Kier molecular flexibility index (Phi) is 5.64. The summed E-state index contributed by atoms with van der Waals surface area (Å²) in [7, 11) is 1.95. The van der Waals surface area contributed by atoms with E-state index in [4.69, 9.17) is 0 Å². The average molecular weight is 308 g/mol. The maximum absolute atomic E-state index is 13.5. The fourth-order valence-corrected chi connectivity index (χ4v) is 2.63. The largest absolute Gasteiger partial charge is 0.353 e. The molecule has 21 heavy (non-hydrogen) atoms. The lowest BCUT2D eigenvalue weighted by Gasteiger charge is -2.21. The van der Waals surface area contributed by atoms with Gasteiger partial charge in [0.25, 0.3) is 0 Å². The second-order valence-corrected chi connectivity index (χ2v) is 6.22. The zero-order valence-corrected chi connectivity index (χ0v) is 13.5. The lowest BCUT2D eigenvalue weighted by atomic mass is 10.2. The summed E-state index contributed by atoms with van der Waals surface area (Å²) in [6, 6.07) is 1.55. The molecular formula is C15H21FN4S. The monoisotopic (exact) mass is 308 g/mol. The van der Waals surface area contributed by atoms with Gasteiger partial charge >= 0.3 is 0 Å². The molecule has 0 radical (unpaired) electrons. The fraction of sp³-hybridized carbons (Fsp3) is 0.467. The number of anilines is 1. The highest BCUT2D eigenvalue weighted by molar-refractivity contribution is 7.07. The number of pyridine rings is 1. The molecular weight excluding hydrogens is 287 g/mol. The summed E-state index contributed by atoms with van der Waals surface area (Å²) in [6.45, 7) is 6.46. The molecule has 0 atom stereocenters. The van der Waals surface area contributed by atoms with E-state index in [9.17, 15) is 4.39 Å². The van der Waals surface area contributed by atoms with Crippen molar-refractivity contribution in [3.8, 4) is 0 Å². The van der Waals surface area contributed by atoms with Gasteiger partial charge in [0.1, 0.15) is 11.6 Å². The number of hydrogen-bond acceptors (Lipinski definition) is 5. The molecule has 0 spiro atoms. The van der Waals surface area contributed by atoms with Crippen LogP contribution in [0, 0.1) is 11.7 Å². The zero-order valence-electron chi connectivity index (χ0n) is 12.6. The molecule has 0 aromatic carbocycles. The van der Waals surface area contributed by atoms with Crippen LogP contribution in [0.3, 0.4) is 0 Å². The van der Waals surface area contributed by atoms with E-state index in [1.165, 1.54) is 6.20 Å². The van der Waals surface area contributed by atoms with Gasteiger partial charge < -0.3 is 10.2 Å². The Hall–Kier alpha value is -1.53. The van der Waals surface area contributed by atoms with Gasteiger partial charge in [-0.1, -0.05) is 13.8 Å².